The van der Waals surface area contributed by atoms with Crippen molar-refractivity contribution in [1.29, 1.82) is 0 Å². The first kappa shape index (κ1) is 12.0. The molecule has 2 bridgehead atoms. The Balaban J connectivity index is 1.75. The fraction of sp³-hybridized carbons (Fsp3) is 0.600. The second kappa shape index (κ2) is 4.88. The van der Waals surface area contributed by atoms with Gasteiger partial charge in [0.2, 0.25) is 0 Å². The minimum atomic E-state index is -0.194. The van der Waals surface area contributed by atoms with Crippen molar-refractivity contribution >= 4 is 0 Å². The summed E-state index contributed by atoms with van der Waals surface area (Å²) in [6.45, 7) is 0.647. The zero-order valence-corrected chi connectivity index (χ0v) is 10.8. The van der Waals surface area contributed by atoms with E-state index in [-0.39, 0.29) is 5.82 Å². The van der Waals surface area contributed by atoms with Gasteiger partial charge in [0.1, 0.15) is 17.7 Å². The van der Waals surface area contributed by atoms with Gasteiger partial charge < -0.3 is 10.1 Å². The van der Waals surface area contributed by atoms with E-state index in [0.29, 0.717) is 12.6 Å². The summed E-state index contributed by atoms with van der Waals surface area (Å²) < 4.78 is 19.4. The van der Waals surface area contributed by atoms with E-state index in [1.807, 2.05) is 7.05 Å². The van der Waals surface area contributed by atoms with Gasteiger partial charge in [0.25, 0.3) is 0 Å². The molecule has 1 aromatic rings. The molecule has 0 aliphatic heterocycles. The van der Waals surface area contributed by atoms with Crippen LogP contribution in [-0.2, 0) is 6.54 Å². The van der Waals surface area contributed by atoms with Gasteiger partial charge in [-0.15, -0.1) is 0 Å². The lowest BCUT2D eigenvalue weighted by atomic mass is 9.97. The minimum absolute atomic E-state index is 0.194. The largest absolute Gasteiger partial charge is 0.490 e. The highest BCUT2D eigenvalue weighted by atomic mass is 19.1. The highest BCUT2D eigenvalue weighted by Crippen LogP contribution is 2.46. The number of benzene rings is 1. The molecule has 0 radical (unpaired) electrons. The lowest BCUT2D eigenvalue weighted by molar-refractivity contribution is 0.137. The molecule has 1 N–H and O–H groups in total. The van der Waals surface area contributed by atoms with Crippen molar-refractivity contribution in [2.24, 2.45) is 11.8 Å². The first-order chi connectivity index (χ1) is 8.76. The van der Waals surface area contributed by atoms with Crippen molar-refractivity contribution < 1.29 is 9.13 Å². The lowest BCUT2D eigenvalue weighted by Crippen LogP contribution is -2.24. The van der Waals surface area contributed by atoms with E-state index in [1.165, 1.54) is 31.7 Å². The van der Waals surface area contributed by atoms with Crippen LogP contribution in [0.3, 0.4) is 0 Å². The maximum atomic E-state index is 13.3. The summed E-state index contributed by atoms with van der Waals surface area (Å²) in [4.78, 5) is 0. The van der Waals surface area contributed by atoms with Gasteiger partial charge >= 0.3 is 0 Å². The van der Waals surface area contributed by atoms with E-state index >= 15 is 0 Å². The second-order valence-electron chi connectivity index (χ2n) is 5.61. The molecule has 0 amide bonds. The van der Waals surface area contributed by atoms with Crippen LogP contribution in [0.1, 0.15) is 31.2 Å². The average molecular weight is 249 g/mol. The van der Waals surface area contributed by atoms with Crippen molar-refractivity contribution in [1.82, 2.24) is 5.32 Å². The highest BCUT2D eigenvalue weighted by Gasteiger charge is 2.41. The van der Waals surface area contributed by atoms with E-state index in [0.717, 1.165) is 23.1 Å². The van der Waals surface area contributed by atoms with Crippen molar-refractivity contribution in [2.75, 3.05) is 7.05 Å². The van der Waals surface area contributed by atoms with Crippen molar-refractivity contribution in [2.45, 2.75) is 38.3 Å². The number of fused-ring (bicyclic) bond motifs is 2. The molecule has 98 valence electrons. The Morgan fingerprint density at radius 1 is 1.33 bits per heavy atom. The van der Waals surface area contributed by atoms with Gasteiger partial charge in [-0.1, -0.05) is 0 Å². The zero-order valence-electron chi connectivity index (χ0n) is 10.8. The zero-order chi connectivity index (χ0) is 12.5. The molecule has 3 heteroatoms. The molecule has 3 rings (SSSR count). The van der Waals surface area contributed by atoms with Crippen LogP contribution in [0.5, 0.6) is 5.75 Å². The van der Waals surface area contributed by atoms with Crippen LogP contribution in [0.4, 0.5) is 4.39 Å². The molecule has 2 saturated carbocycles. The van der Waals surface area contributed by atoms with Crippen LogP contribution >= 0.6 is 0 Å². The summed E-state index contributed by atoms with van der Waals surface area (Å²) in [5.41, 5.74) is 0.917. The number of ether oxygens (including phenoxy) is 1. The van der Waals surface area contributed by atoms with Gasteiger partial charge in [-0.25, -0.2) is 4.39 Å². The lowest BCUT2D eigenvalue weighted by Gasteiger charge is -2.24. The molecule has 0 spiro atoms. The van der Waals surface area contributed by atoms with E-state index in [4.69, 9.17) is 4.74 Å². The summed E-state index contributed by atoms with van der Waals surface area (Å²) in [6, 6.07) is 4.83. The van der Waals surface area contributed by atoms with Gasteiger partial charge in [-0.2, -0.15) is 0 Å². The summed E-state index contributed by atoms with van der Waals surface area (Å²) in [6.07, 6.45) is 5.54. The Morgan fingerprint density at radius 3 is 2.89 bits per heavy atom. The maximum Gasteiger partial charge on any atom is 0.124 e. The smallest absolute Gasteiger partial charge is 0.124 e. The molecule has 3 atom stereocenters. The Bertz CT molecular complexity index is 435. The van der Waals surface area contributed by atoms with Gasteiger partial charge in [-0.05, 0) is 62.8 Å². The number of hydrogen-bond donors (Lipinski definition) is 1. The van der Waals surface area contributed by atoms with Gasteiger partial charge in [0.05, 0.1) is 0 Å². The number of rotatable bonds is 4. The molecule has 0 aromatic heterocycles. The van der Waals surface area contributed by atoms with E-state index in [2.05, 4.69) is 5.32 Å². The Kier molecular flexibility index (Phi) is 3.25. The van der Waals surface area contributed by atoms with Crippen LogP contribution in [0.2, 0.25) is 0 Å². The third kappa shape index (κ3) is 2.24. The van der Waals surface area contributed by atoms with Crippen LogP contribution in [-0.4, -0.2) is 13.2 Å². The van der Waals surface area contributed by atoms with Crippen LogP contribution in [0, 0.1) is 17.7 Å². The Hall–Kier alpha value is -1.09. The first-order valence-electron chi connectivity index (χ1n) is 6.86. The normalized spacial score (nSPS) is 29.8. The third-order valence-electron chi connectivity index (χ3n) is 4.34. The van der Waals surface area contributed by atoms with Gasteiger partial charge in [0.15, 0.2) is 0 Å². The quantitative estimate of drug-likeness (QED) is 0.885. The summed E-state index contributed by atoms with van der Waals surface area (Å²) >= 11 is 0. The molecule has 2 fully saturated rings. The van der Waals surface area contributed by atoms with Crippen molar-refractivity contribution in [3.63, 3.8) is 0 Å². The molecular formula is C15H20FNO. The third-order valence-corrected chi connectivity index (χ3v) is 4.34. The minimum Gasteiger partial charge on any atom is -0.490 e. The second-order valence-corrected chi connectivity index (χ2v) is 5.61. The number of halogens is 1. The average Bonchev–Trinajstić information content (AvgIpc) is 2.95. The van der Waals surface area contributed by atoms with Crippen molar-refractivity contribution in [3.05, 3.63) is 29.6 Å². The molecule has 3 unspecified atom stereocenters. The fourth-order valence-electron chi connectivity index (χ4n) is 3.49. The van der Waals surface area contributed by atoms with E-state index in [9.17, 15) is 4.39 Å². The topological polar surface area (TPSA) is 21.3 Å². The molecular weight excluding hydrogens is 229 g/mol. The van der Waals surface area contributed by atoms with E-state index < -0.39 is 0 Å². The predicted octanol–water partition coefficient (Wildman–Crippen LogP) is 3.11. The van der Waals surface area contributed by atoms with Gasteiger partial charge in [0, 0.05) is 12.1 Å². The highest BCUT2D eigenvalue weighted by molar-refractivity contribution is 5.34. The summed E-state index contributed by atoms with van der Waals surface area (Å²) in [5, 5.41) is 3.06. The molecule has 0 heterocycles. The molecule has 2 nitrogen and oxygen atoms in total. The number of nitrogens with one attached hydrogen (secondary N) is 1. The summed E-state index contributed by atoms with van der Waals surface area (Å²) in [5.74, 6) is 2.25. The predicted molar refractivity (Wildman–Crippen MR) is 69.0 cm³/mol. The Labute approximate surface area is 108 Å². The molecule has 2 aliphatic rings. The Morgan fingerprint density at radius 2 is 2.22 bits per heavy atom. The summed E-state index contributed by atoms with van der Waals surface area (Å²) in [7, 11) is 1.87. The van der Waals surface area contributed by atoms with Crippen LogP contribution in [0.15, 0.2) is 18.2 Å². The monoisotopic (exact) mass is 249 g/mol. The SMILES string of the molecule is CNCc1cc(F)ccc1OC1CC2CCC1C2. The fourth-order valence-corrected chi connectivity index (χ4v) is 3.49. The van der Waals surface area contributed by atoms with Crippen molar-refractivity contribution in [3.8, 4) is 5.75 Å². The first-order valence-corrected chi connectivity index (χ1v) is 6.86. The van der Waals surface area contributed by atoms with Crippen LogP contribution in [0.25, 0.3) is 0 Å². The molecule has 0 saturated heterocycles. The van der Waals surface area contributed by atoms with Crippen LogP contribution < -0.4 is 10.1 Å². The molecule has 1 aromatic carbocycles. The number of hydrogen-bond acceptors (Lipinski definition) is 2. The standard InChI is InChI=1S/C15H20FNO/c1-17-9-12-8-13(16)4-5-14(12)18-15-7-10-2-3-11(15)6-10/h4-5,8,10-11,15,17H,2-3,6-7,9H2,1H3. The maximum absolute atomic E-state index is 13.3. The molecule has 2 aliphatic carbocycles. The van der Waals surface area contributed by atoms with E-state index in [1.54, 1.807) is 12.1 Å². The molecule has 18 heavy (non-hydrogen) atoms. The van der Waals surface area contributed by atoms with Gasteiger partial charge in [-0.3, -0.25) is 0 Å².